The van der Waals surface area contributed by atoms with Crippen molar-refractivity contribution in [1.82, 2.24) is 4.90 Å². The SMILES string of the molecule is COc1ccc(N2CCN(C(=O)CN(c3ccc(C)cc3)S(=O)(=O)c3ccc(SC)cc3)CC2)cc1. The number of sulfonamides is 1. The summed E-state index contributed by atoms with van der Waals surface area (Å²) in [5.74, 6) is 0.585. The van der Waals surface area contributed by atoms with Crippen molar-refractivity contribution in [3.63, 3.8) is 0 Å². The van der Waals surface area contributed by atoms with Gasteiger partial charge >= 0.3 is 0 Å². The Morgan fingerprint density at radius 1 is 0.917 bits per heavy atom. The van der Waals surface area contributed by atoms with Crippen molar-refractivity contribution < 1.29 is 17.9 Å². The Morgan fingerprint density at radius 2 is 1.53 bits per heavy atom. The molecule has 190 valence electrons. The van der Waals surface area contributed by atoms with E-state index in [1.165, 1.54) is 4.31 Å². The Hall–Kier alpha value is -3.17. The first-order chi connectivity index (χ1) is 17.3. The second kappa shape index (κ2) is 11.3. The van der Waals surface area contributed by atoms with Crippen LogP contribution in [0.2, 0.25) is 0 Å². The molecule has 0 radical (unpaired) electrons. The maximum atomic E-state index is 13.7. The number of amides is 1. The van der Waals surface area contributed by atoms with Crippen molar-refractivity contribution >= 4 is 39.1 Å². The Labute approximate surface area is 217 Å². The van der Waals surface area contributed by atoms with E-state index in [0.717, 1.165) is 21.9 Å². The van der Waals surface area contributed by atoms with Crippen LogP contribution in [0.4, 0.5) is 11.4 Å². The fourth-order valence-corrected chi connectivity index (χ4v) is 5.95. The lowest BCUT2D eigenvalue weighted by atomic mass is 10.2. The van der Waals surface area contributed by atoms with Crippen LogP contribution in [-0.4, -0.2) is 65.3 Å². The quantitative estimate of drug-likeness (QED) is 0.409. The molecule has 0 unspecified atom stereocenters. The van der Waals surface area contributed by atoms with Crippen molar-refractivity contribution in [2.45, 2.75) is 16.7 Å². The van der Waals surface area contributed by atoms with Gasteiger partial charge in [0.05, 0.1) is 17.7 Å². The largest absolute Gasteiger partial charge is 0.497 e. The van der Waals surface area contributed by atoms with E-state index in [1.54, 1.807) is 60.2 Å². The molecule has 1 aliphatic heterocycles. The van der Waals surface area contributed by atoms with Crippen molar-refractivity contribution in [2.75, 3.05) is 55.3 Å². The molecule has 1 saturated heterocycles. The van der Waals surface area contributed by atoms with Gasteiger partial charge in [0, 0.05) is 36.8 Å². The number of piperazine rings is 1. The van der Waals surface area contributed by atoms with Crippen molar-refractivity contribution in [2.24, 2.45) is 0 Å². The minimum absolute atomic E-state index is 0.165. The summed E-state index contributed by atoms with van der Waals surface area (Å²) in [5, 5.41) is 0. The number of carbonyl (C=O) groups is 1. The van der Waals surface area contributed by atoms with E-state index in [2.05, 4.69) is 4.90 Å². The summed E-state index contributed by atoms with van der Waals surface area (Å²) >= 11 is 1.54. The van der Waals surface area contributed by atoms with Crippen LogP contribution in [0.15, 0.2) is 82.6 Å². The number of hydrogen-bond donors (Lipinski definition) is 0. The Balaban J connectivity index is 1.51. The first-order valence-corrected chi connectivity index (χ1v) is 14.4. The molecule has 0 N–H and O–H groups in total. The number of benzene rings is 3. The van der Waals surface area contributed by atoms with Crippen molar-refractivity contribution in [3.05, 3.63) is 78.4 Å². The first kappa shape index (κ1) is 25.9. The Kier molecular flexibility index (Phi) is 8.11. The molecule has 1 amide bonds. The summed E-state index contributed by atoms with van der Waals surface area (Å²) in [4.78, 5) is 18.4. The summed E-state index contributed by atoms with van der Waals surface area (Å²) in [6.07, 6.45) is 1.94. The zero-order valence-electron chi connectivity index (χ0n) is 20.8. The third-order valence-corrected chi connectivity index (χ3v) is 8.85. The van der Waals surface area contributed by atoms with Crippen LogP contribution >= 0.6 is 11.8 Å². The highest BCUT2D eigenvalue weighted by atomic mass is 32.2. The first-order valence-electron chi connectivity index (χ1n) is 11.7. The zero-order valence-corrected chi connectivity index (χ0v) is 22.4. The smallest absolute Gasteiger partial charge is 0.264 e. The van der Waals surface area contributed by atoms with E-state index in [-0.39, 0.29) is 17.3 Å². The van der Waals surface area contributed by atoms with Crippen LogP contribution in [0.1, 0.15) is 5.56 Å². The second-order valence-corrected chi connectivity index (χ2v) is 11.3. The monoisotopic (exact) mass is 525 g/mol. The minimum Gasteiger partial charge on any atom is -0.497 e. The second-order valence-electron chi connectivity index (χ2n) is 8.59. The molecule has 7 nitrogen and oxygen atoms in total. The number of thioether (sulfide) groups is 1. The summed E-state index contributed by atoms with van der Waals surface area (Å²) < 4.78 is 33.8. The number of hydrogen-bond acceptors (Lipinski definition) is 6. The number of methoxy groups -OCH3 is 1. The van der Waals surface area contributed by atoms with Gasteiger partial charge in [0.2, 0.25) is 5.91 Å². The molecule has 4 rings (SSSR count). The molecule has 0 aromatic heterocycles. The Bertz CT molecular complexity index is 1270. The van der Waals surface area contributed by atoms with Crippen LogP contribution in [0.25, 0.3) is 0 Å². The summed E-state index contributed by atoms with van der Waals surface area (Å²) in [6, 6.07) is 21.8. The van der Waals surface area contributed by atoms with Gasteiger partial charge in [0.15, 0.2) is 0 Å². The third kappa shape index (κ3) is 5.79. The van der Waals surface area contributed by atoms with E-state index in [0.29, 0.717) is 31.9 Å². The predicted octanol–water partition coefficient (Wildman–Crippen LogP) is 4.27. The van der Waals surface area contributed by atoms with Crippen LogP contribution in [0, 0.1) is 6.92 Å². The van der Waals surface area contributed by atoms with Gasteiger partial charge in [-0.05, 0) is 73.8 Å². The highest BCUT2D eigenvalue weighted by Crippen LogP contribution is 2.26. The highest BCUT2D eigenvalue weighted by molar-refractivity contribution is 7.98. The molecule has 1 aliphatic rings. The van der Waals surface area contributed by atoms with E-state index in [1.807, 2.05) is 49.6 Å². The molecule has 36 heavy (non-hydrogen) atoms. The van der Waals surface area contributed by atoms with Gasteiger partial charge in [-0.25, -0.2) is 8.42 Å². The molecule has 9 heteroatoms. The number of rotatable bonds is 8. The lowest BCUT2D eigenvalue weighted by Crippen LogP contribution is -2.52. The maximum absolute atomic E-state index is 13.7. The molecule has 0 aliphatic carbocycles. The lowest BCUT2D eigenvalue weighted by Gasteiger charge is -2.37. The van der Waals surface area contributed by atoms with Crippen LogP contribution in [0.5, 0.6) is 5.75 Å². The van der Waals surface area contributed by atoms with E-state index < -0.39 is 10.0 Å². The van der Waals surface area contributed by atoms with E-state index in [9.17, 15) is 13.2 Å². The lowest BCUT2D eigenvalue weighted by molar-refractivity contribution is -0.129. The van der Waals surface area contributed by atoms with Gasteiger partial charge in [-0.1, -0.05) is 17.7 Å². The molecule has 0 bridgehead atoms. The van der Waals surface area contributed by atoms with Gasteiger partial charge in [0.1, 0.15) is 12.3 Å². The molecular formula is C27H31N3O4S2. The number of aryl methyl sites for hydroxylation is 1. The molecular weight excluding hydrogens is 494 g/mol. The molecule has 1 heterocycles. The van der Waals surface area contributed by atoms with Gasteiger partial charge in [-0.15, -0.1) is 11.8 Å². The zero-order chi connectivity index (χ0) is 25.7. The summed E-state index contributed by atoms with van der Waals surface area (Å²) in [6.45, 7) is 4.08. The molecule has 0 spiro atoms. The topological polar surface area (TPSA) is 70.2 Å². The third-order valence-electron chi connectivity index (χ3n) is 6.32. The highest BCUT2D eigenvalue weighted by Gasteiger charge is 2.30. The summed E-state index contributed by atoms with van der Waals surface area (Å²) in [5.41, 5.74) is 2.56. The number of nitrogens with zero attached hydrogens (tertiary/aromatic N) is 3. The minimum atomic E-state index is -3.93. The number of carbonyl (C=O) groups excluding carboxylic acids is 1. The van der Waals surface area contributed by atoms with Crippen molar-refractivity contribution in [3.8, 4) is 5.75 Å². The molecule has 0 atom stereocenters. The number of ether oxygens (including phenoxy) is 1. The van der Waals surface area contributed by atoms with Gasteiger partial charge in [-0.2, -0.15) is 0 Å². The molecule has 3 aromatic carbocycles. The fourth-order valence-electron chi connectivity index (χ4n) is 4.13. The number of anilines is 2. The Morgan fingerprint density at radius 3 is 2.08 bits per heavy atom. The standard InChI is InChI=1S/C27H31N3O4S2/c1-21-4-6-23(7-5-21)30(36(32,33)26-14-12-25(35-3)13-15-26)20-27(31)29-18-16-28(17-19-29)22-8-10-24(34-2)11-9-22/h4-15H,16-20H2,1-3H3. The molecule has 1 fully saturated rings. The van der Waals surface area contributed by atoms with Crippen LogP contribution in [-0.2, 0) is 14.8 Å². The normalized spacial score (nSPS) is 14.0. The average molecular weight is 526 g/mol. The van der Waals surface area contributed by atoms with E-state index in [4.69, 9.17) is 4.74 Å². The molecule has 3 aromatic rings. The van der Waals surface area contributed by atoms with Crippen molar-refractivity contribution in [1.29, 1.82) is 0 Å². The average Bonchev–Trinajstić information content (AvgIpc) is 2.92. The maximum Gasteiger partial charge on any atom is 0.264 e. The van der Waals surface area contributed by atoms with Gasteiger partial charge in [-0.3, -0.25) is 9.10 Å². The summed E-state index contributed by atoms with van der Waals surface area (Å²) in [7, 11) is -2.29. The predicted molar refractivity (Wildman–Crippen MR) is 146 cm³/mol. The van der Waals surface area contributed by atoms with Gasteiger partial charge in [0.25, 0.3) is 10.0 Å². The van der Waals surface area contributed by atoms with Gasteiger partial charge < -0.3 is 14.5 Å². The van der Waals surface area contributed by atoms with Crippen LogP contribution < -0.4 is 13.9 Å². The fraction of sp³-hybridized carbons (Fsp3) is 0.296. The van der Waals surface area contributed by atoms with E-state index >= 15 is 0 Å². The van der Waals surface area contributed by atoms with Crippen LogP contribution in [0.3, 0.4) is 0 Å². The molecule has 0 saturated carbocycles.